The fourth-order valence-electron chi connectivity index (χ4n) is 3.15. The number of aromatic nitrogens is 1. The maximum absolute atomic E-state index is 12.2. The first kappa shape index (κ1) is 15.0. The van der Waals surface area contributed by atoms with Crippen LogP contribution in [0.3, 0.4) is 0 Å². The van der Waals surface area contributed by atoms with Crippen molar-refractivity contribution in [2.45, 2.75) is 51.1 Å². The van der Waals surface area contributed by atoms with Crippen molar-refractivity contribution >= 4 is 11.8 Å². The first-order valence-electron chi connectivity index (χ1n) is 8.21. The van der Waals surface area contributed by atoms with Crippen molar-refractivity contribution in [3.8, 4) is 0 Å². The Morgan fingerprint density at radius 3 is 2.45 bits per heavy atom. The van der Waals surface area contributed by atoms with Gasteiger partial charge in [0.2, 0.25) is 11.8 Å². The molecule has 1 heterocycles. The molecule has 5 nitrogen and oxygen atoms in total. The molecule has 2 amide bonds. The van der Waals surface area contributed by atoms with E-state index in [0.717, 1.165) is 18.4 Å². The second-order valence-electron chi connectivity index (χ2n) is 6.37. The van der Waals surface area contributed by atoms with Crippen molar-refractivity contribution in [3.05, 3.63) is 30.1 Å². The van der Waals surface area contributed by atoms with E-state index in [4.69, 9.17) is 0 Å². The molecule has 5 heteroatoms. The molecule has 1 aromatic rings. The predicted molar refractivity (Wildman–Crippen MR) is 82.7 cm³/mol. The lowest BCUT2D eigenvalue weighted by Crippen LogP contribution is -2.38. The molecule has 2 aliphatic carbocycles. The molecule has 22 heavy (non-hydrogen) atoms. The van der Waals surface area contributed by atoms with E-state index in [0.29, 0.717) is 19.0 Å². The lowest BCUT2D eigenvalue weighted by molar-refractivity contribution is -0.127. The van der Waals surface area contributed by atoms with Crippen LogP contribution in [0.15, 0.2) is 24.5 Å². The molecule has 3 rings (SSSR count). The highest BCUT2D eigenvalue weighted by Gasteiger charge is 2.48. The molecule has 1 aromatic heterocycles. The molecule has 0 aromatic carbocycles. The number of nitrogens with one attached hydrogen (secondary N) is 2. The Hall–Kier alpha value is -1.91. The van der Waals surface area contributed by atoms with Gasteiger partial charge in [0, 0.05) is 25.0 Å². The highest BCUT2D eigenvalue weighted by molar-refractivity contribution is 5.92. The van der Waals surface area contributed by atoms with Gasteiger partial charge in [-0.2, -0.15) is 0 Å². The Bertz CT molecular complexity index is 526. The highest BCUT2D eigenvalue weighted by atomic mass is 16.2. The monoisotopic (exact) mass is 301 g/mol. The van der Waals surface area contributed by atoms with Gasteiger partial charge in [0.15, 0.2) is 0 Å². The van der Waals surface area contributed by atoms with E-state index >= 15 is 0 Å². The quantitative estimate of drug-likeness (QED) is 0.871. The number of pyridine rings is 1. The topological polar surface area (TPSA) is 71.1 Å². The third-order valence-electron chi connectivity index (χ3n) is 4.63. The van der Waals surface area contributed by atoms with Gasteiger partial charge in [-0.05, 0) is 37.0 Å². The predicted octanol–water partition coefficient (Wildman–Crippen LogP) is 1.78. The van der Waals surface area contributed by atoms with Gasteiger partial charge in [0.25, 0.3) is 0 Å². The van der Waals surface area contributed by atoms with Crippen LogP contribution < -0.4 is 10.6 Å². The summed E-state index contributed by atoms with van der Waals surface area (Å²) in [6, 6.07) is 4.07. The zero-order valence-corrected chi connectivity index (χ0v) is 12.8. The zero-order chi connectivity index (χ0) is 15.4. The largest absolute Gasteiger partial charge is 0.353 e. The summed E-state index contributed by atoms with van der Waals surface area (Å²) < 4.78 is 0. The third-order valence-corrected chi connectivity index (χ3v) is 4.63. The summed E-state index contributed by atoms with van der Waals surface area (Å²) in [7, 11) is 0. The van der Waals surface area contributed by atoms with Crippen LogP contribution >= 0.6 is 0 Å². The fraction of sp³-hybridized carbons (Fsp3) is 0.588. The van der Waals surface area contributed by atoms with Gasteiger partial charge in [-0.15, -0.1) is 0 Å². The minimum atomic E-state index is -0.148. The Balaban J connectivity index is 1.41. The number of amides is 2. The molecule has 2 N–H and O–H groups in total. The Morgan fingerprint density at radius 1 is 1.05 bits per heavy atom. The Kier molecular flexibility index (Phi) is 4.71. The van der Waals surface area contributed by atoms with Crippen molar-refractivity contribution in [2.24, 2.45) is 11.8 Å². The highest BCUT2D eigenvalue weighted by Crippen LogP contribution is 2.39. The van der Waals surface area contributed by atoms with Gasteiger partial charge in [-0.3, -0.25) is 14.6 Å². The first-order chi connectivity index (χ1) is 10.7. The summed E-state index contributed by atoms with van der Waals surface area (Å²) in [5, 5.41) is 6.01. The minimum absolute atomic E-state index is 0.0133. The number of rotatable bonds is 5. The number of hydrogen-bond acceptors (Lipinski definition) is 3. The van der Waals surface area contributed by atoms with Gasteiger partial charge < -0.3 is 10.6 Å². The summed E-state index contributed by atoms with van der Waals surface area (Å²) in [5.41, 5.74) is 1.02. The van der Waals surface area contributed by atoms with E-state index < -0.39 is 0 Å². The average molecular weight is 301 g/mol. The zero-order valence-electron chi connectivity index (χ0n) is 12.8. The van der Waals surface area contributed by atoms with Crippen molar-refractivity contribution in [1.82, 2.24) is 15.6 Å². The Morgan fingerprint density at radius 2 is 1.73 bits per heavy atom. The molecular formula is C17H23N3O2. The average Bonchev–Trinajstić information content (AvgIpc) is 3.35. The van der Waals surface area contributed by atoms with Crippen LogP contribution in [0.5, 0.6) is 0 Å². The van der Waals surface area contributed by atoms with Crippen molar-refractivity contribution in [3.63, 3.8) is 0 Å². The fourth-order valence-corrected chi connectivity index (χ4v) is 3.15. The number of carbonyl (C=O) groups is 2. The standard InChI is InChI=1S/C17H23N3O2/c21-16(19-11-12-6-8-18-9-7-12)14-10-15(14)17(22)20-13-4-2-1-3-5-13/h6-9,13-15H,1-5,10-11H2,(H,19,21)(H,20,22). The van der Waals surface area contributed by atoms with Crippen LogP contribution in [0.4, 0.5) is 0 Å². The summed E-state index contributed by atoms with van der Waals surface area (Å²) in [4.78, 5) is 28.2. The van der Waals surface area contributed by atoms with Crippen LogP contribution in [0.25, 0.3) is 0 Å². The molecule has 2 saturated carbocycles. The molecule has 0 saturated heterocycles. The molecule has 0 spiro atoms. The molecule has 0 radical (unpaired) electrons. The molecule has 0 aliphatic heterocycles. The molecule has 0 bridgehead atoms. The molecular weight excluding hydrogens is 278 g/mol. The maximum atomic E-state index is 12.2. The van der Waals surface area contributed by atoms with Crippen molar-refractivity contribution in [1.29, 1.82) is 0 Å². The molecule has 2 unspecified atom stereocenters. The minimum Gasteiger partial charge on any atom is -0.353 e. The van der Waals surface area contributed by atoms with E-state index in [1.165, 1.54) is 19.3 Å². The number of carbonyl (C=O) groups excluding carboxylic acids is 2. The number of hydrogen-bond donors (Lipinski definition) is 2. The summed E-state index contributed by atoms with van der Waals surface area (Å²) in [5.74, 6) is -0.221. The second kappa shape index (κ2) is 6.90. The van der Waals surface area contributed by atoms with Gasteiger partial charge in [0.05, 0.1) is 11.8 Å². The van der Waals surface area contributed by atoms with Crippen molar-refractivity contribution in [2.75, 3.05) is 0 Å². The van der Waals surface area contributed by atoms with Crippen molar-refractivity contribution < 1.29 is 9.59 Å². The molecule has 2 fully saturated rings. The van der Waals surface area contributed by atoms with Gasteiger partial charge in [-0.1, -0.05) is 19.3 Å². The van der Waals surface area contributed by atoms with E-state index in [1.54, 1.807) is 12.4 Å². The molecule has 118 valence electrons. The summed E-state index contributed by atoms with van der Waals surface area (Å²) in [6.07, 6.45) is 9.93. The van der Waals surface area contributed by atoms with Crippen LogP contribution in [0, 0.1) is 11.8 Å². The lowest BCUT2D eigenvalue weighted by Gasteiger charge is -2.22. The maximum Gasteiger partial charge on any atom is 0.224 e. The molecule has 2 atom stereocenters. The SMILES string of the molecule is O=C(NCc1ccncc1)C1CC1C(=O)NC1CCCCC1. The normalized spacial score (nSPS) is 24.5. The van der Waals surface area contributed by atoms with Crippen LogP contribution in [-0.4, -0.2) is 22.8 Å². The van der Waals surface area contributed by atoms with Gasteiger partial charge >= 0.3 is 0 Å². The van der Waals surface area contributed by atoms with Gasteiger partial charge in [-0.25, -0.2) is 0 Å². The summed E-state index contributed by atoms with van der Waals surface area (Å²) >= 11 is 0. The third kappa shape index (κ3) is 3.84. The second-order valence-corrected chi connectivity index (χ2v) is 6.37. The van der Waals surface area contributed by atoms with Gasteiger partial charge in [0.1, 0.15) is 0 Å². The van der Waals surface area contributed by atoms with E-state index in [2.05, 4.69) is 15.6 Å². The number of nitrogens with zero attached hydrogens (tertiary/aromatic N) is 1. The smallest absolute Gasteiger partial charge is 0.224 e. The van der Waals surface area contributed by atoms with E-state index in [9.17, 15) is 9.59 Å². The lowest BCUT2D eigenvalue weighted by atomic mass is 9.95. The molecule has 2 aliphatic rings. The first-order valence-corrected chi connectivity index (χ1v) is 8.21. The van der Waals surface area contributed by atoms with E-state index in [1.807, 2.05) is 12.1 Å². The van der Waals surface area contributed by atoms with Crippen LogP contribution in [-0.2, 0) is 16.1 Å². The van der Waals surface area contributed by atoms with E-state index in [-0.39, 0.29) is 23.7 Å². The van der Waals surface area contributed by atoms with Crippen LogP contribution in [0.1, 0.15) is 44.1 Å². The summed E-state index contributed by atoms with van der Waals surface area (Å²) in [6.45, 7) is 0.495. The van der Waals surface area contributed by atoms with Crippen LogP contribution in [0.2, 0.25) is 0 Å². The Labute approximate surface area is 130 Å².